The maximum Gasteiger partial charge on any atom is 0.251 e. The van der Waals surface area contributed by atoms with Gasteiger partial charge in [-0.2, -0.15) is 0 Å². The predicted octanol–water partition coefficient (Wildman–Crippen LogP) is 1.87. The van der Waals surface area contributed by atoms with Gasteiger partial charge in [0.25, 0.3) is 5.91 Å². The minimum Gasteiger partial charge on any atom is -0.380 e. The predicted molar refractivity (Wildman–Crippen MR) is 117 cm³/mol. The molecule has 31 heavy (non-hydrogen) atoms. The van der Waals surface area contributed by atoms with Crippen molar-refractivity contribution in [3.8, 4) is 0 Å². The van der Waals surface area contributed by atoms with E-state index in [0.29, 0.717) is 44.3 Å². The minimum atomic E-state index is -0.489. The summed E-state index contributed by atoms with van der Waals surface area (Å²) < 4.78 is 5.22. The Morgan fingerprint density at radius 3 is 2.68 bits per heavy atom. The molecule has 0 radical (unpaired) electrons. The molecule has 4 rings (SSSR count). The lowest BCUT2D eigenvalue weighted by Crippen LogP contribution is -2.52. The number of ether oxygens (including phenoxy) is 1. The first kappa shape index (κ1) is 22.0. The summed E-state index contributed by atoms with van der Waals surface area (Å²) in [5.74, 6) is 0.257. The van der Waals surface area contributed by atoms with Gasteiger partial charge < -0.3 is 20.3 Å². The van der Waals surface area contributed by atoms with Gasteiger partial charge in [-0.3, -0.25) is 14.4 Å². The van der Waals surface area contributed by atoms with Gasteiger partial charge in [-0.05, 0) is 43.4 Å². The van der Waals surface area contributed by atoms with Crippen LogP contribution in [0.5, 0.6) is 0 Å². The van der Waals surface area contributed by atoms with E-state index < -0.39 is 6.04 Å². The highest BCUT2D eigenvalue weighted by Gasteiger charge is 2.34. The average Bonchev–Trinajstić information content (AvgIpc) is 3.60. The van der Waals surface area contributed by atoms with Crippen LogP contribution in [0.2, 0.25) is 0 Å². The molecular formula is C24H33N3O4. The fraction of sp³-hybridized carbons (Fsp3) is 0.625. The second-order valence-corrected chi connectivity index (χ2v) is 9.03. The number of Topliss-reactive ketones (excluding diaryl/α,β-unsaturated/α-hetero) is 1. The van der Waals surface area contributed by atoms with E-state index in [4.69, 9.17) is 4.74 Å². The largest absolute Gasteiger partial charge is 0.380 e. The maximum absolute atomic E-state index is 12.9. The summed E-state index contributed by atoms with van der Waals surface area (Å²) in [5, 5.41) is 6.24. The van der Waals surface area contributed by atoms with Gasteiger partial charge in [0.2, 0.25) is 5.91 Å². The molecule has 2 N–H and O–H groups in total. The van der Waals surface area contributed by atoms with Crippen molar-refractivity contribution in [1.29, 1.82) is 0 Å². The molecule has 168 valence electrons. The maximum atomic E-state index is 12.9. The average molecular weight is 428 g/mol. The summed E-state index contributed by atoms with van der Waals surface area (Å²) in [7, 11) is 0. The molecule has 3 fully saturated rings. The Morgan fingerprint density at radius 2 is 2.00 bits per heavy atom. The van der Waals surface area contributed by atoms with Crippen molar-refractivity contribution in [2.24, 2.45) is 5.92 Å². The Hall–Kier alpha value is -2.25. The summed E-state index contributed by atoms with van der Waals surface area (Å²) >= 11 is 0. The SMILES string of the molecule is CCC(=O)[C@H](NC(=O)c1cccc(C2CCCN(C(=O)CNC3CC3)C2)c1)C1COC1. The number of benzene rings is 1. The normalized spacial score (nSPS) is 22.5. The number of hydrogen-bond donors (Lipinski definition) is 2. The zero-order valence-electron chi connectivity index (χ0n) is 18.3. The highest BCUT2D eigenvalue weighted by Crippen LogP contribution is 2.28. The van der Waals surface area contributed by atoms with Gasteiger partial charge in [0.05, 0.1) is 25.8 Å². The molecule has 7 nitrogen and oxygen atoms in total. The number of carbonyl (C=O) groups is 3. The summed E-state index contributed by atoms with van der Waals surface area (Å²) in [6, 6.07) is 7.66. The van der Waals surface area contributed by atoms with Crippen molar-refractivity contribution in [3.05, 3.63) is 35.4 Å². The fourth-order valence-electron chi connectivity index (χ4n) is 4.39. The van der Waals surface area contributed by atoms with E-state index in [9.17, 15) is 14.4 Å². The number of hydrogen-bond acceptors (Lipinski definition) is 5. The third-order valence-corrected chi connectivity index (χ3v) is 6.63. The number of amides is 2. The van der Waals surface area contributed by atoms with Crippen LogP contribution in [-0.4, -0.2) is 67.4 Å². The van der Waals surface area contributed by atoms with E-state index in [-0.39, 0.29) is 29.4 Å². The summed E-state index contributed by atoms with van der Waals surface area (Å²) in [6.45, 7) is 4.74. The second-order valence-electron chi connectivity index (χ2n) is 9.03. The lowest BCUT2D eigenvalue weighted by atomic mass is 9.89. The third kappa shape index (κ3) is 5.52. The van der Waals surface area contributed by atoms with Crippen LogP contribution in [0, 0.1) is 5.92 Å². The zero-order valence-corrected chi connectivity index (χ0v) is 18.3. The van der Waals surface area contributed by atoms with E-state index in [2.05, 4.69) is 10.6 Å². The topological polar surface area (TPSA) is 87.7 Å². The molecule has 1 aromatic rings. The van der Waals surface area contributed by atoms with Crippen molar-refractivity contribution in [2.45, 2.75) is 57.0 Å². The molecule has 0 spiro atoms. The molecule has 7 heteroatoms. The van der Waals surface area contributed by atoms with E-state index in [1.54, 1.807) is 6.07 Å². The number of piperidine rings is 1. The van der Waals surface area contributed by atoms with Gasteiger partial charge in [-0.1, -0.05) is 19.1 Å². The molecular weight excluding hydrogens is 394 g/mol. The Balaban J connectivity index is 1.39. The number of carbonyl (C=O) groups excluding carboxylic acids is 3. The minimum absolute atomic E-state index is 0.0408. The van der Waals surface area contributed by atoms with Gasteiger partial charge in [-0.15, -0.1) is 0 Å². The number of nitrogens with one attached hydrogen (secondary N) is 2. The molecule has 2 aliphatic heterocycles. The molecule has 2 amide bonds. The lowest BCUT2D eigenvalue weighted by molar-refractivity contribution is -0.131. The highest BCUT2D eigenvalue weighted by molar-refractivity contribution is 5.98. The highest BCUT2D eigenvalue weighted by atomic mass is 16.5. The quantitative estimate of drug-likeness (QED) is 0.628. The molecule has 2 saturated heterocycles. The van der Waals surface area contributed by atoms with E-state index in [1.807, 2.05) is 30.0 Å². The van der Waals surface area contributed by atoms with E-state index in [1.165, 1.54) is 12.8 Å². The van der Waals surface area contributed by atoms with Crippen molar-refractivity contribution in [1.82, 2.24) is 15.5 Å². The van der Waals surface area contributed by atoms with Crippen LogP contribution in [0.3, 0.4) is 0 Å². The van der Waals surface area contributed by atoms with Gasteiger partial charge >= 0.3 is 0 Å². The van der Waals surface area contributed by atoms with Gasteiger partial charge in [0.1, 0.15) is 0 Å². The Labute approximate surface area is 183 Å². The Morgan fingerprint density at radius 1 is 1.19 bits per heavy atom. The van der Waals surface area contributed by atoms with E-state index >= 15 is 0 Å². The molecule has 2 heterocycles. The molecule has 0 bridgehead atoms. The monoisotopic (exact) mass is 427 g/mol. The Kier molecular flexibility index (Phi) is 7.02. The van der Waals surface area contributed by atoms with E-state index in [0.717, 1.165) is 24.9 Å². The third-order valence-electron chi connectivity index (χ3n) is 6.63. The molecule has 1 saturated carbocycles. The molecule has 3 aliphatic rings. The lowest BCUT2D eigenvalue weighted by Gasteiger charge is -2.34. The van der Waals surface area contributed by atoms with Crippen LogP contribution in [0.4, 0.5) is 0 Å². The standard InChI is InChI=1S/C24H33N3O4/c1-2-21(28)23(19-14-31-15-19)26-24(30)17-6-3-5-16(11-17)18-7-4-10-27(13-18)22(29)12-25-20-8-9-20/h3,5-6,11,18-20,23,25H,2,4,7-10,12-15H2,1H3,(H,26,30)/t18?,23-/m1/s1. The van der Waals surface area contributed by atoms with Crippen LogP contribution < -0.4 is 10.6 Å². The van der Waals surface area contributed by atoms with Gasteiger partial charge in [0.15, 0.2) is 5.78 Å². The summed E-state index contributed by atoms with van der Waals surface area (Å²) in [5.41, 5.74) is 1.64. The number of rotatable bonds is 9. The number of likely N-dealkylation sites (tertiary alicyclic amines) is 1. The first-order valence-corrected chi connectivity index (χ1v) is 11.6. The molecule has 2 atom stereocenters. The molecule has 0 aromatic heterocycles. The molecule has 1 aromatic carbocycles. The molecule has 1 unspecified atom stereocenters. The number of ketones is 1. The smallest absolute Gasteiger partial charge is 0.251 e. The van der Waals surface area contributed by atoms with Gasteiger partial charge in [-0.25, -0.2) is 0 Å². The summed E-state index contributed by atoms with van der Waals surface area (Å²) in [4.78, 5) is 39.7. The molecule has 1 aliphatic carbocycles. The van der Waals surface area contributed by atoms with Crippen molar-refractivity contribution < 1.29 is 19.1 Å². The second kappa shape index (κ2) is 9.92. The fourth-order valence-corrected chi connectivity index (χ4v) is 4.39. The van der Waals surface area contributed by atoms with Gasteiger partial charge in [0, 0.05) is 43.0 Å². The zero-order chi connectivity index (χ0) is 21.8. The summed E-state index contributed by atoms with van der Waals surface area (Å²) in [6.07, 6.45) is 4.70. The van der Waals surface area contributed by atoms with Crippen molar-refractivity contribution >= 4 is 17.6 Å². The van der Waals surface area contributed by atoms with Crippen LogP contribution >= 0.6 is 0 Å². The van der Waals surface area contributed by atoms with Crippen molar-refractivity contribution in [2.75, 3.05) is 32.8 Å². The first-order chi connectivity index (χ1) is 15.0. The van der Waals surface area contributed by atoms with Crippen LogP contribution in [0.15, 0.2) is 24.3 Å². The van der Waals surface area contributed by atoms with Crippen LogP contribution in [0.25, 0.3) is 0 Å². The number of nitrogens with zero attached hydrogens (tertiary/aromatic N) is 1. The Bertz CT molecular complexity index is 819. The van der Waals surface area contributed by atoms with Crippen LogP contribution in [0.1, 0.15) is 60.9 Å². The van der Waals surface area contributed by atoms with Crippen molar-refractivity contribution in [3.63, 3.8) is 0 Å². The first-order valence-electron chi connectivity index (χ1n) is 11.6. The van der Waals surface area contributed by atoms with Crippen LogP contribution in [-0.2, 0) is 14.3 Å².